The van der Waals surface area contributed by atoms with E-state index in [9.17, 15) is 9.90 Å². The SMILES string of the molecule is CC1COC(CO)CN1C1CCc2ccccc2NC1=O. The van der Waals surface area contributed by atoms with Crippen LogP contribution in [0, 0.1) is 0 Å². The molecule has 1 fully saturated rings. The Kier molecular flexibility index (Phi) is 4.24. The van der Waals surface area contributed by atoms with Gasteiger partial charge in [-0.15, -0.1) is 0 Å². The Morgan fingerprint density at radius 1 is 1.43 bits per heavy atom. The Balaban J connectivity index is 1.78. The van der Waals surface area contributed by atoms with Crippen LogP contribution in [-0.4, -0.2) is 53.9 Å². The minimum Gasteiger partial charge on any atom is -0.394 e. The van der Waals surface area contributed by atoms with Crippen LogP contribution in [0.1, 0.15) is 18.9 Å². The maximum Gasteiger partial charge on any atom is 0.241 e. The van der Waals surface area contributed by atoms with Crippen LogP contribution >= 0.6 is 0 Å². The quantitative estimate of drug-likeness (QED) is 0.854. The van der Waals surface area contributed by atoms with E-state index in [0.29, 0.717) is 13.2 Å². The number of hydrogen-bond donors (Lipinski definition) is 2. The minimum atomic E-state index is -0.195. The number of aliphatic hydroxyl groups excluding tert-OH is 1. The lowest BCUT2D eigenvalue weighted by Crippen LogP contribution is -2.56. The predicted octanol–water partition coefficient (Wildman–Crippen LogP) is 1.02. The average molecular weight is 290 g/mol. The lowest BCUT2D eigenvalue weighted by Gasteiger charge is -2.41. The highest BCUT2D eigenvalue weighted by atomic mass is 16.5. The summed E-state index contributed by atoms with van der Waals surface area (Å²) < 4.78 is 5.57. The van der Waals surface area contributed by atoms with Gasteiger partial charge in [0.05, 0.1) is 25.4 Å². The second-order valence-electron chi connectivity index (χ2n) is 5.88. The van der Waals surface area contributed by atoms with Crippen molar-refractivity contribution in [3.05, 3.63) is 29.8 Å². The van der Waals surface area contributed by atoms with Crippen LogP contribution < -0.4 is 5.32 Å². The van der Waals surface area contributed by atoms with Crippen LogP contribution in [0.4, 0.5) is 5.69 Å². The smallest absolute Gasteiger partial charge is 0.241 e. The van der Waals surface area contributed by atoms with Crippen molar-refractivity contribution < 1.29 is 14.6 Å². The molecule has 3 unspecified atom stereocenters. The fourth-order valence-electron chi connectivity index (χ4n) is 3.20. The van der Waals surface area contributed by atoms with Crippen molar-refractivity contribution >= 4 is 11.6 Å². The van der Waals surface area contributed by atoms with E-state index in [4.69, 9.17) is 4.74 Å². The molecule has 0 radical (unpaired) electrons. The van der Waals surface area contributed by atoms with E-state index in [0.717, 1.165) is 18.5 Å². The Labute approximate surface area is 124 Å². The van der Waals surface area contributed by atoms with Crippen LogP contribution in [0.2, 0.25) is 0 Å². The van der Waals surface area contributed by atoms with Gasteiger partial charge < -0.3 is 15.2 Å². The third kappa shape index (κ3) is 2.95. The van der Waals surface area contributed by atoms with Crippen molar-refractivity contribution in [3.8, 4) is 0 Å². The number of amides is 1. The summed E-state index contributed by atoms with van der Waals surface area (Å²) in [7, 11) is 0. The van der Waals surface area contributed by atoms with Gasteiger partial charge >= 0.3 is 0 Å². The molecule has 3 atom stereocenters. The van der Waals surface area contributed by atoms with Crippen LogP contribution in [0.25, 0.3) is 0 Å². The topological polar surface area (TPSA) is 61.8 Å². The van der Waals surface area contributed by atoms with Gasteiger partial charge in [0.25, 0.3) is 0 Å². The Bertz CT molecular complexity index is 520. The molecule has 1 saturated heterocycles. The molecule has 2 aliphatic heterocycles. The van der Waals surface area contributed by atoms with Gasteiger partial charge in [-0.25, -0.2) is 0 Å². The zero-order valence-electron chi connectivity index (χ0n) is 12.3. The van der Waals surface area contributed by atoms with Gasteiger partial charge in [0.15, 0.2) is 0 Å². The number of hydrogen-bond acceptors (Lipinski definition) is 4. The largest absolute Gasteiger partial charge is 0.394 e. The maximum absolute atomic E-state index is 12.6. The summed E-state index contributed by atoms with van der Waals surface area (Å²) in [5.74, 6) is 0.0467. The molecule has 0 aromatic heterocycles. The van der Waals surface area contributed by atoms with Crippen LogP contribution in [0.15, 0.2) is 24.3 Å². The molecule has 0 saturated carbocycles. The molecule has 1 amide bonds. The van der Waals surface area contributed by atoms with E-state index in [2.05, 4.69) is 23.2 Å². The van der Waals surface area contributed by atoms with E-state index in [1.54, 1.807) is 0 Å². The molecule has 5 heteroatoms. The monoisotopic (exact) mass is 290 g/mol. The third-order valence-corrected chi connectivity index (χ3v) is 4.42. The first-order chi connectivity index (χ1) is 10.2. The van der Waals surface area contributed by atoms with E-state index in [1.807, 2.05) is 18.2 Å². The Morgan fingerprint density at radius 3 is 3.05 bits per heavy atom. The first kappa shape index (κ1) is 14.5. The molecule has 2 aliphatic rings. The fraction of sp³-hybridized carbons (Fsp3) is 0.562. The number of rotatable bonds is 2. The normalized spacial score (nSPS) is 30.4. The number of fused-ring (bicyclic) bond motifs is 1. The number of ether oxygens (including phenoxy) is 1. The van der Waals surface area contributed by atoms with Gasteiger partial charge in [-0.2, -0.15) is 0 Å². The lowest BCUT2D eigenvalue weighted by molar-refractivity contribution is -0.131. The Hall–Kier alpha value is -1.43. The van der Waals surface area contributed by atoms with Crippen LogP contribution in [-0.2, 0) is 16.0 Å². The second kappa shape index (κ2) is 6.13. The maximum atomic E-state index is 12.6. The number of nitrogens with one attached hydrogen (secondary N) is 1. The number of carbonyl (C=O) groups excluding carboxylic acids is 1. The molecule has 114 valence electrons. The predicted molar refractivity (Wildman–Crippen MR) is 80.2 cm³/mol. The highest BCUT2D eigenvalue weighted by Gasteiger charge is 2.36. The lowest BCUT2D eigenvalue weighted by atomic mass is 10.0. The molecule has 2 N–H and O–H groups in total. The Morgan fingerprint density at radius 2 is 2.24 bits per heavy atom. The number of aliphatic hydroxyl groups is 1. The van der Waals surface area contributed by atoms with Crippen molar-refractivity contribution in [2.45, 2.75) is 38.0 Å². The number of anilines is 1. The highest BCUT2D eigenvalue weighted by Crippen LogP contribution is 2.26. The van der Waals surface area contributed by atoms with Gasteiger partial charge in [-0.3, -0.25) is 9.69 Å². The third-order valence-electron chi connectivity index (χ3n) is 4.42. The summed E-state index contributed by atoms with van der Waals surface area (Å²) >= 11 is 0. The number of nitrogens with zero attached hydrogens (tertiary/aromatic N) is 1. The van der Waals surface area contributed by atoms with Gasteiger partial charge in [0.1, 0.15) is 0 Å². The van der Waals surface area contributed by atoms with Gasteiger partial charge in [0.2, 0.25) is 5.91 Å². The van der Waals surface area contributed by atoms with E-state index < -0.39 is 0 Å². The molecule has 1 aromatic rings. The van der Waals surface area contributed by atoms with E-state index in [-0.39, 0.29) is 30.7 Å². The number of benzene rings is 1. The van der Waals surface area contributed by atoms with Crippen LogP contribution in [0.3, 0.4) is 0 Å². The molecule has 1 aromatic carbocycles. The number of para-hydroxylation sites is 1. The standard InChI is InChI=1S/C16H22N2O3/c1-11-10-21-13(9-19)8-18(11)15-7-6-12-4-2-3-5-14(12)17-16(15)20/h2-5,11,13,15,19H,6-10H2,1H3,(H,17,20). The average Bonchev–Trinajstić information content (AvgIpc) is 2.66. The summed E-state index contributed by atoms with van der Waals surface area (Å²) in [5, 5.41) is 12.3. The molecular formula is C16H22N2O3. The molecule has 21 heavy (non-hydrogen) atoms. The van der Waals surface area contributed by atoms with Crippen molar-refractivity contribution in [2.75, 3.05) is 25.1 Å². The molecule has 2 heterocycles. The molecule has 0 aliphatic carbocycles. The molecule has 0 spiro atoms. The minimum absolute atomic E-state index is 0.00220. The molecule has 5 nitrogen and oxygen atoms in total. The summed E-state index contributed by atoms with van der Waals surface area (Å²) in [4.78, 5) is 14.7. The fourth-order valence-corrected chi connectivity index (χ4v) is 3.20. The number of aryl methyl sites for hydroxylation is 1. The van der Waals surface area contributed by atoms with E-state index >= 15 is 0 Å². The first-order valence-corrected chi connectivity index (χ1v) is 7.56. The second-order valence-corrected chi connectivity index (χ2v) is 5.88. The molecule has 3 rings (SSSR count). The van der Waals surface area contributed by atoms with Crippen LogP contribution in [0.5, 0.6) is 0 Å². The van der Waals surface area contributed by atoms with Crippen molar-refractivity contribution in [1.29, 1.82) is 0 Å². The number of morpholine rings is 1. The highest BCUT2D eigenvalue weighted by molar-refractivity contribution is 5.96. The van der Waals surface area contributed by atoms with Crippen molar-refractivity contribution in [1.82, 2.24) is 4.90 Å². The zero-order valence-corrected chi connectivity index (χ0v) is 12.3. The summed E-state index contributed by atoms with van der Waals surface area (Å²) in [6.07, 6.45) is 1.48. The molecule has 0 bridgehead atoms. The van der Waals surface area contributed by atoms with Gasteiger partial charge in [0, 0.05) is 18.3 Å². The number of carbonyl (C=O) groups is 1. The van der Waals surface area contributed by atoms with E-state index in [1.165, 1.54) is 5.56 Å². The van der Waals surface area contributed by atoms with Crippen molar-refractivity contribution in [3.63, 3.8) is 0 Å². The van der Waals surface area contributed by atoms with Gasteiger partial charge in [-0.1, -0.05) is 18.2 Å². The summed E-state index contributed by atoms with van der Waals surface area (Å²) in [6.45, 7) is 3.23. The van der Waals surface area contributed by atoms with Gasteiger partial charge in [-0.05, 0) is 31.4 Å². The summed E-state index contributed by atoms with van der Waals surface area (Å²) in [5.41, 5.74) is 2.11. The summed E-state index contributed by atoms with van der Waals surface area (Å²) in [6, 6.07) is 7.99. The molecular weight excluding hydrogens is 268 g/mol. The van der Waals surface area contributed by atoms with Crippen molar-refractivity contribution in [2.24, 2.45) is 0 Å². The zero-order chi connectivity index (χ0) is 14.8. The first-order valence-electron chi connectivity index (χ1n) is 7.56.